The molecule has 3 atom stereocenters. The highest BCUT2D eigenvalue weighted by Crippen LogP contribution is 2.55. The quantitative estimate of drug-likeness (QED) is 0.267. The molecule has 8 nitrogen and oxygen atoms in total. The first-order valence-electron chi connectivity index (χ1n) is 13.5. The van der Waals surface area contributed by atoms with Gasteiger partial charge in [-0.3, -0.25) is 9.59 Å². The Hall–Kier alpha value is -4.43. The van der Waals surface area contributed by atoms with Gasteiger partial charge in [-0.25, -0.2) is 9.79 Å². The van der Waals surface area contributed by atoms with Crippen molar-refractivity contribution in [1.29, 1.82) is 0 Å². The molecule has 1 aliphatic carbocycles. The van der Waals surface area contributed by atoms with Crippen molar-refractivity contribution in [3.8, 4) is 28.4 Å². The first-order valence-corrected chi connectivity index (χ1v) is 13.9. The highest BCUT2D eigenvalue weighted by Gasteiger charge is 2.63. The van der Waals surface area contributed by atoms with Crippen molar-refractivity contribution in [2.75, 3.05) is 21.3 Å². The number of carbonyl (C=O) groups is 3. The Morgan fingerprint density at radius 1 is 0.929 bits per heavy atom. The van der Waals surface area contributed by atoms with Crippen LogP contribution in [-0.4, -0.2) is 50.2 Å². The fourth-order valence-electron chi connectivity index (χ4n) is 6.21. The lowest BCUT2D eigenvalue weighted by Crippen LogP contribution is -2.57. The maximum absolute atomic E-state index is 14.7. The van der Waals surface area contributed by atoms with E-state index in [4.69, 9.17) is 30.5 Å². The van der Waals surface area contributed by atoms with E-state index in [2.05, 4.69) is 4.99 Å². The summed E-state index contributed by atoms with van der Waals surface area (Å²) < 4.78 is 22.2. The number of benzene rings is 3. The average Bonchev–Trinajstić information content (AvgIpc) is 3.34. The minimum absolute atomic E-state index is 0.0560. The molecule has 2 heterocycles. The highest BCUT2D eigenvalue weighted by atomic mass is 35.5. The number of halogens is 1. The fraction of sp³-hybridized carbons (Fsp3) is 0.273. The fourth-order valence-corrected chi connectivity index (χ4v) is 6.48. The summed E-state index contributed by atoms with van der Waals surface area (Å²) in [6, 6.07) is 19.3. The third-order valence-electron chi connectivity index (χ3n) is 8.36. The lowest BCUT2D eigenvalue weighted by Gasteiger charge is -2.40. The monoisotopic (exact) mass is 585 g/mol. The number of esters is 1. The molecule has 1 spiro atoms. The zero-order valence-corrected chi connectivity index (χ0v) is 24.3. The molecule has 3 unspecified atom stereocenters. The van der Waals surface area contributed by atoms with Gasteiger partial charge in [-0.05, 0) is 23.1 Å². The van der Waals surface area contributed by atoms with Crippen LogP contribution in [0.15, 0.2) is 76.9 Å². The number of hydrogen-bond acceptors (Lipinski definition) is 8. The number of rotatable bonds is 5. The number of hydrogen-bond donors (Lipinski definition) is 0. The van der Waals surface area contributed by atoms with Crippen molar-refractivity contribution in [2.24, 2.45) is 10.9 Å². The average molecular weight is 586 g/mol. The Labute approximate surface area is 247 Å². The second-order valence-electron chi connectivity index (χ2n) is 10.6. The number of methoxy groups -OCH3 is 3. The van der Waals surface area contributed by atoms with E-state index in [9.17, 15) is 14.4 Å². The predicted octanol–water partition coefficient (Wildman–Crippen LogP) is 6.00. The summed E-state index contributed by atoms with van der Waals surface area (Å²) in [6.07, 6.45) is 0.350. The second-order valence-corrected chi connectivity index (χ2v) is 10.9. The van der Waals surface area contributed by atoms with Gasteiger partial charge in [0, 0.05) is 35.6 Å². The maximum atomic E-state index is 14.7. The summed E-state index contributed by atoms with van der Waals surface area (Å²) in [5.74, 6) is -2.25. The van der Waals surface area contributed by atoms with Crippen LogP contribution in [0.1, 0.15) is 41.6 Å². The van der Waals surface area contributed by atoms with E-state index in [0.717, 1.165) is 16.7 Å². The van der Waals surface area contributed by atoms with Crippen LogP contribution in [-0.2, 0) is 14.3 Å². The van der Waals surface area contributed by atoms with Crippen LogP contribution >= 0.6 is 11.6 Å². The van der Waals surface area contributed by atoms with Crippen molar-refractivity contribution in [1.82, 2.24) is 0 Å². The van der Waals surface area contributed by atoms with Gasteiger partial charge in [0.1, 0.15) is 27.8 Å². The SMILES string of the molecule is COC(=O)C1=NC2=C(C(=O)C3(Oc4c(Cl)c(OC)cc(OC)c4C3=O)C(C)C2)C(c2ccc(-c3ccccc3)cc2)C1. The van der Waals surface area contributed by atoms with Crippen LogP contribution in [0.25, 0.3) is 11.1 Å². The molecule has 6 rings (SSSR count). The smallest absolute Gasteiger partial charge is 0.352 e. The van der Waals surface area contributed by atoms with Gasteiger partial charge in [-0.15, -0.1) is 0 Å². The van der Waals surface area contributed by atoms with Gasteiger partial charge in [-0.2, -0.15) is 0 Å². The van der Waals surface area contributed by atoms with Crippen molar-refractivity contribution >= 4 is 34.8 Å². The molecule has 9 heteroatoms. The molecule has 0 saturated heterocycles. The summed E-state index contributed by atoms with van der Waals surface area (Å²) >= 11 is 6.59. The van der Waals surface area contributed by atoms with Crippen LogP contribution in [0.5, 0.6) is 17.2 Å². The van der Waals surface area contributed by atoms with E-state index in [1.54, 1.807) is 6.92 Å². The number of aliphatic imine (C=N–C) groups is 1. The Kier molecular flexibility index (Phi) is 6.89. The van der Waals surface area contributed by atoms with Crippen LogP contribution in [0.2, 0.25) is 5.02 Å². The zero-order valence-electron chi connectivity index (χ0n) is 23.5. The zero-order chi connectivity index (χ0) is 29.8. The lowest BCUT2D eigenvalue weighted by atomic mass is 9.66. The molecular weight excluding hydrogens is 558 g/mol. The summed E-state index contributed by atoms with van der Waals surface area (Å²) in [6.45, 7) is 1.76. The normalized spacial score (nSPS) is 22.7. The topological polar surface area (TPSA) is 100 Å². The number of nitrogens with zero attached hydrogens (tertiary/aromatic N) is 1. The summed E-state index contributed by atoms with van der Waals surface area (Å²) in [5.41, 5.74) is 2.11. The number of ketones is 2. The molecule has 2 aliphatic heterocycles. The highest BCUT2D eigenvalue weighted by molar-refractivity contribution is 6.38. The molecule has 0 N–H and O–H groups in total. The van der Waals surface area contributed by atoms with Crippen LogP contribution in [0.4, 0.5) is 0 Å². The van der Waals surface area contributed by atoms with E-state index in [0.29, 0.717) is 11.3 Å². The van der Waals surface area contributed by atoms with Gasteiger partial charge in [0.25, 0.3) is 0 Å². The van der Waals surface area contributed by atoms with E-state index < -0.39 is 35.0 Å². The first kappa shape index (κ1) is 27.7. The molecule has 3 aromatic rings. The second kappa shape index (κ2) is 10.4. The van der Waals surface area contributed by atoms with E-state index in [1.807, 2.05) is 54.6 Å². The van der Waals surface area contributed by atoms with Crippen molar-refractivity contribution in [3.05, 3.63) is 88.1 Å². The van der Waals surface area contributed by atoms with Gasteiger partial charge in [-0.1, -0.05) is 73.1 Å². The lowest BCUT2D eigenvalue weighted by molar-refractivity contribution is -0.133. The molecule has 0 fully saturated rings. The molecule has 0 aromatic heterocycles. The summed E-state index contributed by atoms with van der Waals surface area (Å²) in [4.78, 5) is 46.1. The van der Waals surface area contributed by atoms with E-state index in [1.165, 1.54) is 27.4 Å². The standard InChI is InChI=1S/C33H28ClNO7/c1-17-14-22-26(30(36)33(17)31(37)27-24(39-2)16-25(40-3)28(34)29(27)42-33)21(15-23(35-22)32(38)41-4)20-12-10-19(11-13-20)18-8-6-5-7-9-18/h5-13,16-17,21H,14-15H2,1-4H3. The molecule has 214 valence electrons. The predicted molar refractivity (Wildman–Crippen MR) is 157 cm³/mol. The molecule has 3 aliphatic rings. The van der Waals surface area contributed by atoms with Crippen LogP contribution in [0, 0.1) is 5.92 Å². The van der Waals surface area contributed by atoms with Crippen molar-refractivity contribution < 1.29 is 33.3 Å². The Bertz CT molecular complexity index is 1690. The van der Waals surface area contributed by atoms with Crippen molar-refractivity contribution in [2.45, 2.75) is 31.3 Å². The van der Waals surface area contributed by atoms with Gasteiger partial charge in [0.15, 0.2) is 5.75 Å². The van der Waals surface area contributed by atoms with Crippen molar-refractivity contribution in [3.63, 3.8) is 0 Å². The van der Waals surface area contributed by atoms with Gasteiger partial charge in [0.2, 0.25) is 17.2 Å². The number of Topliss-reactive ketones (excluding diaryl/α,β-unsaturated/α-hetero) is 2. The maximum Gasteiger partial charge on any atom is 0.352 e. The molecule has 0 saturated carbocycles. The molecular formula is C33H28ClNO7. The Morgan fingerprint density at radius 2 is 1.60 bits per heavy atom. The third kappa shape index (κ3) is 4.04. The van der Waals surface area contributed by atoms with Gasteiger partial charge < -0.3 is 18.9 Å². The number of fused-ring (bicyclic) bond motifs is 1. The molecule has 0 radical (unpaired) electrons. The summed E-state index contributed by atoms with van der Waals surface area (Å²) in [5, 5.41) is 0.0843. The van der Waals surface area contributed by atoms with E-state index in [-0.39, 0.29) is 46.4 Å². The third-order valence-corrected chi connectivity index (χ3v) is 8.72. The Balaban J connectivity index is 1.48. The van der Waals surface area contributed by atoms with Crippen LogP contribution in [0.3, 0.4) is 0 Å². The minimum Gasteiger partial charge on any atom is -0.496 e. The van der Waals surface area contributed by atoms with E-state index >= 15 is 0 Å². The van der Waals surface area contributed by atoms with Gasteiger partial charge >= 0.3 is 5.97 Å². The van der Waals surface area contributed by atoms with Gasteiger partial charge in [0.05, 0.1) is 21.3 Å². The number of carbonyl (C=O) groups excluding carboxylic acids is 3. The molecule has 42 heavy (non-hydrogen) atoms. The molecule has 3 aromatic carbocycles. The van der Waals surface area contributed by atoms with Crippen LogP contribution < -0.4 is 14.2 Å². The molecule has 0 amide bonds. The minimum atomic E-state index is -1.87. The Morgan fingerprint density at radius 3 is 2.24 bits per heavy atom. The number of allylic oxidation sites excluding steroid dienone is 1. The first-order chi connectivity index (χ1) is 20.2. The molecule has 0 bridgehead atoms. The number of ether oxygens (including phenoxy) is 4. The summed E-state index contributed by atoms with van der Waals surface area (Å²) in [7, 11) is 4.17. The largest absolute Gasteiger partial charge is 0.496 e.